The maximum atomic E-state index is 13.0. The molecule has 0 saturated carbocycles. The van der Waals surface area contributed by atoms with E-state index in [0.717, 1.165) is 33.4 Å². The number of nitrogens with two attached hydrogens (primary N) is 1. The molecule has 0 aliphatic heterocycles. The molecule has 34 heavy (non-hydrogen) atoms. The van der Waals surface area contributed by atoms with Crippen molar-refractivity contribution in [2.24, 2.45) is 5.73 Å². The summed E-state index contributed by atoms with van der Waals surface area (Å²) in [6, 6.07) is 20.4. The van der Waals surface area contributed by atoms with Crippen molar-refractivity contribution in [2.75, 3.05) is 6.54 Å². The lowest BCUT2D eigenvalue weighted by molar-refractivity contribution is -0.119. The van der Waals surface area contributed by atoms with Crippen molar-refractivity contribution >= 4 is 11.8 Å². The normalized spacial score (nSPS) is 11.7. The smallest absolute Gasteiger partial charge is 0.343 e. The number of carbonyl (C=O) groups excluding carboxylic acids is 2. The van der Waals surface area contributed by atoms with Gasteiger partial charge >= 0.3 is 5.97 Å². The first-order valence-electron chi connectivity index (χ1n) is 11.1. The van der Waals surface area contributed by atoms with Gasteiger partial charge in [0.2, 0.25) is 0 Å². The minimum atomic E-state index is -0.433. The number of rotatable bonds is 8. The van der Waals surface area contributed by atoms with Gasteiger partial charge in [0.25, 0.3) is 0 Å². The summed E-state index contributed by atoms with van der Waals surface area (Å²) in [5.41, 5.74) is 12.2. The van der Waals surface area contributed by atoms with Crippen LogP contribution in [0.15, 0.2) is 79.1 Å². The standard InChI is InChI=1S/C28H27N3O3/c1-18-3-12-25(19(2)13-18)28(33)34-24-10-8-22(9-11-24)26(15-29)27(32)14-20-4-6-21(7-5-20)23-16-30-31-17-23/h3-13,16-17,26H,14-15,29H2,1-2H3,(H,30,31). The van der Waals surface area contributed by atoms with E-state index < -0.39 is 11.9 Å². The summed E-state index contributed by atoms with van der Waals surface area (Å²) in [5, 5.41) is 6.76. The number of aryl methyl sites for hydroxylation is 2. The predicted molar refractivity (Wildman–Crippen MR) is 132 cm³/mol. The van der Waals surface area contributed by atoms with Crippen molar-refractivity contribution in [1.82, 2.24) is 10.2 Å². The number of hydrogen-bond acceptors (Lipinski definition) is 5. The number of aromatic nitrogens is 2. The molecule has 4 aromatic rings. The molecule has 3 aromatic carbocycles. The topological polar surface area (TPSA) is 98.1 Å². The summed E-state index contributed by atoms with van der Waals surface area (Å²) in [6.07, 6.45) is 3.87. The fourth-order valence-electron chi connectivity index (χ4n) is 3.97. The molecule has 1 unspecified atom stereocenters. The second kappa shape index (κ2) is 10.3. The molecule has 0 bridgehead atoms. The first-order valence-corrected chi connectivity index (χ1v) is 11.1. The fraction of sp³-hybridized carbons (Fsp3) is 0.179. The highest BCUT2D eigenvalue weighted by molar-refractivity contribution is 5.92. The molecule has 6 heteroatoms. The van der Waals surface area contributed by atoms with Crippen molar-refractivity contribution in [3.05, 3.63) is 107 Å². The van der Waals surface area contributed by atoms with Crippen LogP contribution in [-0.2, 0) is 11.2 Å². The molecule has 0 amide bonds. The van der Waals surface area contributed by atoms with Crippen LogP contribution in [0.2, 0.25) is 0 Å². The van der Waals surface area contributed by atoms with E-state index in [0.29, 0.717) is 11.3 Å². The second-order valence-corrected chi connectivity index (χ2v) is 8.39. The Hall–Kier alpha value is -4.03. The average molecular weight is 454 g/mol. The largest absolute Gasteiger partial charge is 0.423 e. The van der Waals surface area contributed by atoms with Crippen LogP contribution in [0.25, 0.3) is 11.1 Å². The van der Waals surface area contributed by atoms with E-state index in [1.165, 1.54) is 0 Å². The molecule has 1 aromatic heterocycles. The number of aromatic amines is 1. The number of Topliss-reactive ketones (excluding diaryl/α,β-unsaturated/α-hetero) is 1. The number of hydrogen-bond donors (Lipinski definition) is 2. The predicted octanol–water partition coefficient (Wildman–Crippen LogP) is 4.77. The minimum Gasteiger partial charge on any atom is -0.423 e. The number of nitrogens with one attached hydrogen (secondary N) is 1. The summed E-state index contributed by atoms with van der Waals surface area (Å²) in [4.78, 5) is 25.5. The zero-order valence-corrected chi connectivity index (χ0v) is 19.2. The van der Waals surface area contributed by atoms with Crippen molar-refractivity contribution in [3.8, 4) is 16.9 Å². The lowest BCUT2D eigenvalue weighted by Crippen LogP contribution is -2.23. The Bertz CT molecular complexity index is 1280. The van der Waals surface area contributed by atoms with E-state index in [4.69, 9.17) is 10.5 Å². The van der Waals surface area contributed by atoms with Gasteiger partial charge in [0.05, 0.1) is 17.7 Å². The van der Waals surface area contributed by atoms with Crippen LogP contribution in [0.5, 0.6) is 5.75 Å². The number of ketones is 1. The lowest BCUT2D eigenvalue weighted by atomic mass is 9.90. The van der Waals surface area contributed by atoms with Crippen molar-refractivity contribution in [1.29, 1.82) is 0 Å². The quantitative estimate of drug-likeness (QED) is 0.296. The Kier molecular flexibility index (Phi) is 6.99. The van der Waals surface area contributed by atoms with Crippen LogP contribution in [0.1, 0.15) is 38.5 Å². The highest BCUT2D eigenvalue weighted by atomic mass is 16.5. The van der Waals surface area contributed by atoms with Gasteiger partial charge in [-0.15, -0.1) is 0 Å². The molecule has 3 N–H and O–H groups in total. The number of carbonyl (C=O) groups is 2. The van der Waals surface area contributed by atoms with E-state index >= 15 is 0 Å². The molecule has 0 aliphatic rings. The zero-order valence-electron chi connectivity index (χ0n) is 19.2. The number of ether oxygens (including phenoxy) is 1. The summed E-state index contributed by atoms with van der Waals surface area (Å²) in [6.45, 7) is 4.06. The third-order valence-corrected chi connectivity index (χ3v) is 5.88. The fourth-order valence-corrected chi connectivity index (χ4v) is 3.97. The highest BCUT2D eigenvalue weighted by Gasteiger charge is 2.20. The molecule has 4 rings (SSSR count). The van der Waals surface area contributed by atoms with E-state index in [2.05, 4.69) is 10.2 Å². The van der Waals surface area contributed by atoms with Gasteiger partial charge in [0, 0.05) is 24.7 Å². The van der Waals surface area contributed by atoms with Crippen LogP contribution < -0.4 is 10.5 Å². The molecule has 172 valence electrons. The lowest BCUT2D eigenvalue weighted by Gasteiger charge is -2.15. The summed E-state index contributed by atoms with van der Waals surface area (Å²) in [5.74, 6) is -0.376. The average Bonchev–Trinajstić information content (AvgIpc) is 3.36. The molecule has 0 radical (unpaired) electrons. The molecular formula is C28H27N3O3. The van der Waals surface area contributed by atoms with Crippen LogP contribution in [0.4, 0.5) is 0 Å². The van der Waals surface area contributed by atoms with Crippen molar-refractivity contribution in [3.63, 3.8) is 0 Å². The number of benzene rings is 3. The van der Waals surface area contributed by atoms with Crippen LogP contribution in [0, 0.1) is 13.8 Å². The van der Waals surface area contributed by atoms with Gasteiger partial charge in [0.1, 0.15) is 11.5 Å². The Labute approximate surface area is 198 Å². The first-order chi connectivity index (χ1) is 16.4. The van der Waals surface area contributed by atoms with Gasteiger partial charge in [-0.05, 0) is 54.3 Å². The SMILES string of the molecule is Cc1ccc(C(=O)Oc2ccc(C(CN)C(=O)Cc3ccc(-c4cn[nH]c4)cc3)cc2)c(C)c1. The van der Waals surface area contributed by atoms with Gasteiger partial charge in [-0.2, -0.15) is 5.10 Å². The van der Waals surface area contributed by atoms with Crippen molar-refractivity contribution in [2.45, 2.75) is 26.2 Å². The second-order valence-electron chi connectivity index (χ2n) is 8.39. The Morgan fingerprint density at radius 1 is 0.971 bits per heavy atom. The molecule has 0 spiro atoms. The van der Waals surface area contributed by atoms with E-state index in [1.54, 1.807) is 36.5 Å². The third kappa shape index (κ3) is 5.30. The van der Waals surface area contributed by atoms with Crippen LogP contribution >= 0.6 is 0 Å². The molecule has 6 nitrogen and oxygen atoms in total. The maximum Gasteiger partial charge on any atom is 0.343 e. The third-order valence-electron chi connectivity index (χ3n) is 5.88. The molecule has 0 fully saturated rings. The first kappa shape index (κ1) is 23.1. The molecule has 1 atom stereocenters. The van der Waals surface area contributed by atoms with E-state index in [-0.39, 0.29) is 18.7 Å². The number of nitrogens with zero attached hydrogens (tertiary/aromatic N) is 1. The van der Waals surface area contributed by atoms with E-state index in [9.17, 15) is 9.59 Å². The van der Waals surface area contributed by atoms with Gasteiger partial charge in [0.15, 0.2) is 0 Å². The van der Waals surface area contributed by atoms with Gasteiger partial charge < -0.3 is 10.5 Å². The summed E-state index contributed by atoms with van der Waals surface area (Å²) in [7, 11) is 0. The Balaban J connectivity index is 1.41. The van der Waals surface area contributed by atoms with Crippen LogP contribution in [0.3, 0.4) is 0 Å². The monoisotopic (exact) mass is 453 g/mol. The maximum absolute atomic E-state index is 13.0. The number of esters is 1. The zero-order chi connectivity index (χ0) is 24.1. The molecule has 1 heterocycles. The Morgan fingerprint density at radius 2 is 1.71 bits per heavy atom. The summed E-state index contributed by atoms with van der Waals surface area (Å²) >= 11 is 0. The van der Waals surface area contributed by atoms with Gasteiger partial charge in [-0.1, -0.05) is 54.1 Å². The summed E-state index contributed by atoms with van der Waals surface area (Å²) < 4.78 is 5.53. The van der Waals surface area contributed by atoms with Gasteiger partial charge in [-0.3, -0.25) is 9.89 Å². The van der Waals surface area contributed by atoms with E-state index in [1.807, 2.05) is 56.4 Å². The number of H-pyrrole nitrogens is 1. The Morgan fingerprint density at radius 3 is 2.32 bits per heavy atom. The molecular weight excluding hydrogens is 426 g/mol. The minimum absolute atomic E-state index is 0.0404. The molecule has 0 aliphatic carbocycles. The van der Waals surface area contributed by atoms with Crippen LogP contribution in [-0.4, -0.2) is 28.5 Å². The highest BCUT2D eigenvalue weighted by Crippen LogP contribution is 2.24. The molecule has 0 saturated heterocycles. The van der Waals surface area contributed by atoms with Crippen molar-refractivity contribution < 1.29 is 14.3 Å². The van der Waals surface area contributed by atoms with Gasteiger partial charge in [-0.25, -0.2) is 4.79 Å².